The fraction of sp³-hybridized carbons (Fsp3) is 0.182. The number of hydrogen-bond acceptors (Lipinski definition) is 7. The van der Waals surface area contributed by atoms with E-state index in [2.05, 4.69) is 0 Å². The number of thioether (sulfide) groups is 1. The Kier molecular flexibility index (Phi) is 7.14. The van der Waals surface area contributed by atoms with Crippen LogP contribution in [0.1, 0.15) is 29.8 Å². The minimum atomic E-state index is -0.648. The third kappa shape index (κ3) is 5.96. The molecule has 0 saturated carbocycles. The zero-order valence-electron chi connectivity index (χ0n) is 16.7. The first-order valence-electron chi connectivity index (χ1n) is 9.25. The van der Waals surface area contributed by atoms with Crippen molar-refractivity contribution in [1.82, 2.24) is 4.90 Å². The predicted molar refractivity (Wildman–Crippen MR) is 117 cm³/mol. The van der Waals surface area contributed by atoms with Gasteiger partial charge in [-0.25, -0.2) is 4.79 Å². The van der Waals surface area contributed by atoms with Gasteiger partial charge >= 0.3 is 11.9 Å². The molecule has 2 aromatic rings. The largest absolute Gasteiger partial charge is 0.462 e. The van der Waals surface area contributed by atoms with Crippen molar-refractivity contribution < 1.29 is 28.7 Å². The van der Waals surface area contributed by atoms with Gasteiger partial charge in [-0.05, 0) is 73.6 Å². The number of benzene rings is 2. The molecule has 3 rings (SSSR count). The van der Waals surface area contributed by atoms with Crippen molar-refractivity contribution >= 4 is 52.5 Å². The molecule has 160 valence electrons. The van der Waals surface area contributed by atoms with Crippen molar-refractivity contribution in [3.63, 3.8) is 0 Å². The van der Waals surface area contributed by atoms with Crippen LogP contribution in [0.25, 0.3) is 6.08 Å². The number of halogens is 1. The van der Waals surface area contributed by atoms with Crippen LogP contribution in [0.15, 0.2) is 53.4 Å². The second-order valence-electron chi connectivity index (χ2n) is 6.77. The normalized spacial score (nSPS) is 15.0. The number of carbonyl (C=O) groups is 4. The van der Waals surface area contributed by atoms with E-state index in [-0.39, 0.29) is 11.0 Å². The highest BCUT2D eigenvalue weighted by Crippen LogP contribution is 2.32. The van der Waals surface area contributed by atoms with Gasteiger partial charge in [0.2, 0.25) is 0 Å². The Labute approximate surface area is 188 Å². The monoisotopic (exact) mass is 459 g/mol. The van der Waals surface area contributed by atoms with E-state index in [0.29, 0.717) is 21.9 Å². The van der Waals surface area contributed by atoms with Crippen molar-refractivity contribution in [2.75, 3.05) is 6.54 Å². The number of imide groups is 1. The van der Waals surface area contributed by atoms with Crippen LogP contribution in [-0.2, 0) is 14.3 Å². The Morgan fingerprint density at radius 3 is 2.32 bits per heavy atom. The Morgan fingerprint density at radius 1 is 1.06 bits per heavy atom. The summed E-state index contributed by atoms with van der Waals surface area (Å²) in [6.07, 6.45) is 1.19. The standard InChI is InChI=1S/C22H18ClNO6S/c1-13(2)29-19(25)12-24-20(26)18(31-22(24)28)11-14-3-9-17(10-4-14)30-21(27)15-5-7-16(23)8-6-15/h3-11,13H,12H2,1-2H3/b18-11-. The highest BCUT2D eigenvalue weighted by molar-refractivity contribution is 8.18. The summed E-state index contributed by atoms with van der Waals surface area (Å²) >= 11 is 6.55. The summed E-state index contributed by atoms with van der Waals surface area (Å²) in [4.78, 5) is 49.5. The fourth-order valence-electron chi connectivity index (χ4n) is 2.60. The first kappa shape index (κ1) is 22.6. The van der Waals surface area contributed by atoms with Crippen molar-refractivity contribution in [2.45, 2.75) is 20.0 Å². The van der Waals surface area contributed by atoms with Gasteiger partial charge in [-0.3, -0.25) is 19.3 Å². The zero-order chi connectivity index (χ0) is 22.5. The third-order valence-electron chi connectivity index (χ3n) is 4.00. The van der Waals surface area contributed by atoms with Crippen LogP contribution in [-0.4, -0.2) is 40.6 Å². The minimum absolute atomic E-state index is 0.188. The van der Waals surface area contributed by atoms with Gasteiger partial charge in [0, 0.05) is 5.02 Å². The number of hydrogen-bond donors (Lipinski definition) is 0. The molecule has 1 fully saturated rings. The van der Waals surface area contributed by atoms with Gasteiger partial charge in [-0.1, -0.05) is 23.7 Å². The van der Waals surface area contributed by atoms with Crippen molar-refractivity contribution in [3.05, 3.63) is 69.6 Å². The molecule has 1 saturated heterocycles. The first-order valence-corrected chi connectivity index (χ1v) is 10.4. The summed E-state index contributed by atoms with van der Waals surface area (Å²) in [6.45, 7) is 2.93. The van der Waals surface area contributed by atoms with E-state index in [1.54, 1.807) is 62.4 Å². The number of amides is 2. The summed E-state index contributed by atoms with van der Waals surface area (Å²) in [5.74, 6) is -1.42. The van der Waals surface area contributed by atoms with Gasteiger partial charge in [-0.2, -0.15) is 0 Å². The topological polar surface area (TPSA) is 90.0 Å². The zero-order valence-corrected chi connectivity index (χ0v) is 18.2. The van der Waals surface area contributed by atoms with E-state index < -0.39 is 29.6 Å². The molecule has 9 heteroatoms. The van der Waals surface area contributed by atoms with Gasteiger partial charge in [0.25, 0.3) is 11.1 Å². The van der Waals surface area contributed by atoms with Crippen LogP contribution in [0.3, 0.4) is 0 Å². The lowest BCUT2D eigenvalue weighted by Gasteiger charge is -2.13. The first-order chi connectivity index (χ1) is 14.7. The highest BCUT2D eigenvalue weighted by Gasteiger charge is 2.36. The van der Waals surface area contributed by atoms with E-state index in [1.807, 2.05) is 0 Å². The molecule has 31 heavy (non-hydrogen) atoms. The molecule has 0 aliphatic carbocycles. The quantitative estimate of drug-likeness (QED) is 0.355. The van der Waals surface area contributed by atoms with Gasteiger partial charge < -0.3 is 9.47 Å². The van der Waals surface area contributed by atoms with Crippen LogP contribution in [0.4, 0.5) is 4.79 Å². The molecule has 0 atom stereocenters. The number of nitrogens with zero attached hydrogens (tertiary/aromatic N) is 1. The fourth-order valence-corrected chi connectivity index (χ4v) is 3.57. The Bertz CT molecular complexity index is 1050. The predicted octanol–water partition coefficient (Wildman–Crippen LogP) is 4.55. The summed E-state index contributed by atoms with van der Waals surface area (Å²) in [6, 6.07) is 12.7. The molecule has 1 heterocycles. The van der Waals surface area contributed by atoms with Crippen molar-refractivity contribution in [2.24, 2.45) is 0 Å². The molecule has 0 aromatic heterocycles. The second kappa shape index (κ2) is 9.80. The Hall–Kier alpha value is -3.10. The van der Waals surface area contributed by atoms with Crippen LogP contribution in [0.2, 0.25) is 5.02 Å². The number of carbonyl (C=O) groups excluding carboxylic acids is 4. The van der Waals surface area contributed by atoms with E-state index >= 15 is 0 Å². The van der Waals surface area contributed by atoms with Crippen LogP contribution < -0.4 is 4.74 Å². The van der Waals surface area contributed by atoms with Gasteiger partial charge in [0.1, 0.15) is 12.3 Å². The Morgan fingerprint density at radius 2 is 1.71 bits per heavy atom. The molecule has 7 nitrogen and oxygen atoms in total. The summed E-state index contributed by atoms with van der Waals surface area (Å²) in [5.41, 5.74) is 0.986. The van der Waals surface area contributed by atoms with E-state index in [4.69, 9.17) is 21.1 Å². The SMILES string of the molecule is CC(C)OC(=O)CN1C(=O)S/C(=C\c2ccc(OC(=O)c3ccc(Cl)cc3)cc2)C1=O. The average Bonchev–Trinajstić information content (AvgIpc) is 2.96. The van der Waals surface area contributed by atoms with E-state index in [9.17, 15) is 19.2 Å². The van der Waals surface area contributed by atoms with E-state index in [0.717, 1.165) is 16.7 Å². The summed E-state index contributed by atoms with van der Waals surface area (Å²) < 4.78 is 10.3. The average molecular weight is 460 g/mol. The van der Waals surface area contributed by atoms with Gasteiger partial charge in [-0.15, -0.1) is 0 Å². The van der Waals surface area contributed by atoms with Crippen molar-refractivity contribution in [1.29, 1.82) is 0 Å². The second-order valence-corrected chi connectivity index (χ2v) is 8.20. The Balaban J connectivity index is 1.65. The molecule has 0 N–H and O–H groups in total. The molecule has 1 aliphatic rings. The van der Waals surface area contributed by atoms with Crippen LogP contribution in [0.5, 0.6) is 5.75 Å². The maximum absolute atomic E-state index is 12.5. The lowest BCUT2D eigenvalue weighted by molar-refractivity contribution is -0.149. The third-order valence-corrected chi connectivity index (χ3v) is 5.16. The molecule has 0 bridgehead atoms. The molecule has 0 unspecified atom stereocenters. The molecular formula is C22H18ClNO6S. The molecule has 1 aliphatic heterocycles. The van der Waals surface area contributed by atoms with Crippen molar-refractivity contribution in [3.8, 4) is 5.75 Å². The molecule has 2 amide bonds. The van der Waals surface area contributed by atoms with E-state index in [1.165, 1.54) is 6.08 Å². The van der Waals surface area contributed by atoms with Gasteiger partial charge in [0.05, 0.1) is 16.6 Å². The van der Waals surface area contributed by atoms with Crippen LogP contribution in [0, 0.1) is 0 Å². The van der Waals surface area contributed by atoms with Crippen LogP contribution >= 0.6 is 23.4 Å². The number of rotatable bonds is 6. The van der Waals surface area contributed by atoms with Gasteiger partial charge in [0.15, 0.2) is 0 Å². The number of ether oxygens (including phenoxy) is 2. The summed E-state index contributed by atoms with van der Waals surface area (Å²) in [7, 11) is 0. The highest BCUT2D eigenvalue weighted by atomic mass is 35.5. The number of esters is 2. The maximum atomic E-state index is 12.5. The molecular weight excluding hydrogens is 442 g/mol. The molecule has 0 radical (unpaired) electrons. The summed E-state index contributed by atoms with van der Waals surface area (Å²) in [5, 5.41) is -0.0207. The molecule has 0 spiro atoms. The minimum Gasteiger partial charge on any atom is -0.462 e. The smallest absolute Gasteiger partial charge is 0.343 e. The maximum Gasteiger partial charge on any atom is 0.343 e. The lowest BCUT2D eigenvalue weighted by atomic mass is 10.2. The lowest BCUT2D eigenvalue weighted by Crippen LogP contribution is -2.35. The molecule has 2 aromatic carbocycles.